The molecular weight excluding hydrogens is 254 g/mol. The van der Waals surface area contributed by atoms with Crippen LogP contribution >= 0.6 is 0 Å². The van der Waals surface area contributed by atoms with E-state index in [1.54, 1.807) is 0 Å². The van der Waals surface area contributed by atoms with Gasteiger partial charge in [0.2, 0.25) is 0 Å². The lowest BCUT2D eigenvalue weighted by atomic mass is 10.1. The Morgan fingerprint density at radius 1 is 1.37 bits per heavy atom. The number of hydrogen-bond acceptors (Lipinski definition) is 4. The molecule has 1 aliphatic heterocycles. The highest BCUT2D eigenvalue weighted by molar-refractivity contribution is 5.86. The molecule has 0 radical (unpaired) electrons. The second-order valence-corrected chi connectivity index (χ2v) is 4.71. The van der Waals surface area contributed by atoms with Crippen molar-refractivity contribution in [2.24, 2.45) is 0 Å². The van der Waals surface area contributed by atoms with Crippen molar-refractivity contribution >= 4 is 18.0 Å². The molecule has 1 unspecified atom stereocenters. The van der Waals surface area contributed by atoms with Gasteiger partial charge < -0.3 is 25.7 Å². The van der Waals surface area contributed by atoms with Gasteiger partial charge in [-0.3, -0.25) is 4.79 Å². The first-order chi connectivity index (χ1) is 8.88. The van der Waals surface area contributed by atoms with E-state index in [0.29, 0.717) is 6.54 Å². The minimum absolute atomic E-state index is 0.0435. The molecule has 4 N–H and O–H groups in total. The number of carboxylic acid groups (broad SMARTS) is 2. The highest BCUT2D eigenvalue weighted by Crippen LogP contribution is 2.07. The standard InChI is InChI=1S/C11H19N3O5/c1-14-4-2-3-7(6-14)12-11(19)13-8(10(17)18)5-9(15)16/h7-8H,2-6H2,1H3,(H,15,16)(H,17,18)(H2,12,13,19)/t7?,8-/m1/s1. The van der Waals surface area contributed by atoms with Gasteiger partial charge in [0.05, 0.1) is 6.42 Å². The molecule has 8 heteroatoms. The van der Waals surface area contributed by atoms with Gasteiger partial charge in [0.1, 0.15) is 6.04 Å². The Kier molecular flexibility index (Phi) is 5.56. The number of likely N-dealkylation sites (tertiary alicyclic amines) is 1. The van der Waals surface area contributed by atoms with Crippen LogP contribution in [0.15, 0.2) is 0 Å². The van der Waals surface area contributed by atoms with Crippen LogP contribution in [-0.2, 0) is 9.59 Å². The van der Waals surface area contributed by atoms with Gasteiger partial charge in [-0.25, -0.2) is 9.59 Å². The number of hydrogen-bond donors (Lipinski definition) is 4. The molecule has 0 aromatic rings. The average Bonchev–Trinajstić information content (AvgIpc) is 2.27. The Hall–Kier alpha value is -1.83. The molecule has 0 bridgehead atoms. The second kappa shape index (κ2) is 6.93. The lowest BCUT2D eigenvalue weighted by Crippen LogP contribution is -2.53. The van der Waals surface area contributed by atoms with Crippen LogP contribution in [0, 0.1) is 0 Å². The van der Waals surface area contributed by atoms with E-state index >= 15 is 0 Å². The summed E-state index contributed by atoms with van der Waals surface area (Å²) in [4.78, 5) is 35.0. The predicted octanol–water partition coefficient (Wildman–Crippen LogP) is -0.692. The number of amides is 2. The Morgan fingerprint density at radius 3 is 2.58 bits per heavy atom. The lowest BCUT2D eigenvalue weighted by molar-refractivity contribution is -0.145. The molecule has 2 atom stereocenters. The maximum absolute atomic E-state index is 11.6. The lowest BCUT2D eigenvalue weighted by Gasteiger charge is -2.30. The molecule has 0 spiro atoms. The second-order valence-electron chi connectivity index (χ2n) is 4.71. The number of aliphatic carboxylic acids is 2. The third-order valence-electron chi connectivity index (χ3n) is 2.94. The zero-order chi connectivity index (χ0) is 14.4. The summed E-state index contributed by atoms with van der Waals surface area (Å²) >= 11 is 0. The van der Waals surface area contributed by atoms with Crippen LogP contribution in [0.2, 0.25) is 0 Å². The molecular formula is C11H19N3O5. The number of rotatable bonds is 5. The summed E-state index contributed by atoms with van der Waals surface area (Å²) in [6, 6.07) is -2.11. The van der Waals surface area contributed by atoms with E-state index in [1.165, 1.54) is 0 Å². The van der Waals surface area contributed by atoms with Crippen molar-refractivity contribution in [3.05, 3.63) is 0 Å². The molecule has 0 saturated carbocycles. The van der Waals surface area contributed by atoms with Crippen LogP contribution in [0.1, 0.15) is 19.3 Å². The average molecular weight is 273 g/mol. The summed E-state index contributed by atoms with van der Waals surface area (Å²) < 4.78 is 0. The fraction of sp³-hybridized carbons (Fsp3) is 0.727. The number of piperidine rings is 1. The molecule has 1 saturated heterocycles. The Balaban J connectivity index is 2.43. The quantitative estimate of drug-likeness (QED) is 0.526. The Morgan fingerprint density at radius 2 is 2.05 bits per heavy atom. The normalized spacial score (nSPS) is 21.4. The van der Waals surface area contributed by atoms with Crippen LogP contribution in [0.25, 0.3) is 0 Å². The zero-order valence-electron chi connectivity index (χ0n) is 10.8. The summed E-state index contributed by atoms with van der Waals surface area (Å²) in [7, 11) is 1.94. The minimum Gasteiger partial charge on any atom is -0.481 e. The minimum atomic E-state index is -1.42. The van der Waals surface area contributed by atoms with Crippen molar-refractivity contribution in [1.29, 1.82) is 0 Å². The molecule has 8 nitrogen and oxygen atoms in total. The summed E-state index contributed by atoms with van der Waals surface area (Å²) in [5, 5.41) is 22.2. The van der Waals surface area contributed by atoms with Gasteiger partial charge in [0.25, 0.3) is 0 Å². The summed E-state index contributed by atoms with van der Waals surface area (Å²) in [6.07, 6.45) is 1.14. The Labute approximate surface area is 110 Å². The van der Waals surface area contributed by atoms with Crippen molar-refractivity contribution in [2.45, 2.75) is 31.3 Å². The number of carbonyl (C=O) groups excluding carboxylic acids is 1. The third-order valence-corrected chi connectivity index (χ3v) is 2.94. The number of carbonyl (C=O) groups is 3. The summed E-state index contributed by atoms with van der Waals surface area (Å²) in [5.41, 5.74) is 0. The Bertz CT molecular complexity index is 360. The first-order valence-corrected chi connectivity index (χ1v) is 6.08. The molecule has 1 aliphatic rings. The highest BCUT2D eigenvalue weighted by atomic mass is 16.4. The van der Waals surface area contributed by atoms with Gasteiger partial charge >= 0.3 is 18.0 Å². The number of urea groups is 1. The van der Waals surface area contributed by atoms with E-state index in [-0.39, 0.29) is 6.04 Å². The van der Waals surface area contributed by atoms with Gasteiger partial charge in [-0.2, -0.15) is 0 Å². The number of nitrogens with zero attached hydrogens (tertiary/aromatic N) is 1. The first kappa shape index (κ1) is 15.2. The fourth-order valence-electron chi connectivity index (χ4n) is 2.04. The molecule has 0 aromatic heterocycles. The van der Waals surface area contributed by atoms with E-state index in [2.05, 4.69) is 15.5 Å². The molecule has 1 rings (SSSR count). The summed E-state index contributed by atoms with van der Waals surface area (Å²) in [5.74, 6) is -2.64. The maximum atomic E-state index is 11.6. The molecule has 1 heterocycles. The number of nitrogens with one attached hydrogen (secondary N) is 2. The molecule has 0 aromatic carbocycles. The topological polar surface area (TPSA) is 119 Å². The van der Waals surface area contributed by atoms with Crippen LogP contribution in [0.3, 0.4) is 0 Å². The van der Waals surface area contributed by atoms with Crippen molar-refractivity contribution in [3.63, 3.8) is 0 Å². The van der Waals surface area contributed by atoms with Crippen LogP contribution in [0.4, 0.5) is 4.79 Å². The van der Waals surface area contributed by atoms with Gasteiger partial charge in [0.15, 0.2) is 0 Å². The van der Waals surface area contributed by atoms with Gasteiger partial charge in [0, 0.05) is 12.6 Å². The fourth-order valence-corrected chi connectivity index (χ4v) is 2.04. The van der Waals surface area contributed by atoms with E-state index in [1.807, 2.05) is 7.05 Å². The van der Waals surface area contributed by atoms with Crippen LogP contribution in [0.5, 0.6) is 0 Å². The number of carboxylic acids is 2. The van der Waals surface area contributed by atoms with Crippen molar-refractivity contribution in [2.75, 3.05) is 20.1 Å². The largest absolute Gasteiger partial charge is 0.481 e. The van der Waals surface area contributed by atoms with E-state index in [9.17, 15) is 14.4 Å². The molecule has 19 heavy (non-hydrogen) atoms. The maximum Gasteiger partial charge on any atom is 0.326 e. The van der Waals surface area contributed by atoms with Crippen molar-refractivity contribution < 1.29 is 24.6 Å². The smallest absolute Gasteiger partial charge is 0.326 e. The molecule has 1 fully saturated rings. The first-order valence-electron chi connectivity index (χ1n) is 6.08. The van der Waals surface area contributed by atoms with Crippen LogP contribution in [-0.4, -0.2) is 65.3 Å². The van der Waals surface area contributed by atoms with Gasteiger partial charge in [-0.15, -0.1) is 0 Å². The molecule has 2 amide bonds. The van der Waals surface area contributed by atoms with Gasteiger partial charge in [-0.05, 0) is 26.4 Å². The SMILES string of the molecule is CN1CCCC(NC(=O)N[C@H](CC(=O)O)C(=O)O)C1. The highest BCUT2D eigenvalue weighted by Gasteiger charge is 2.25. The van der Waals surface area contributed by atoms with E-state index in [4.69, 9.17) is 10.2 Å². The third kappa shape index (κ3) is 5.56. The van der Waals surface area contributed by atoms with Crippen molar-refractivity contribution in [1.82, 2.24) is 15.5 Å². The number of likely N-dealkylation sites (N-methyl/N-ethyl adjacent to an activating group) is 1. The zero-order valence-corrected chi connectivity index (χ0v) is 10.8. The predicted molar refractivity (Wildman–Crippen MR) is 65.9 cm³/mol. The van der Waals surface area contributed by atoms with Crippen molar-refractivity contribution in [3.8, 4) is 0 Å². The molecule has 108 valence electrons. The summed E-state index contributed by atoms with van der Waals surface area (Å²) in [6.45, 7) is 1.67. The monoisotopic (exact) mass is 273 g/mol. The molecule has 0 aliphatic carbocycles. The van der Waals surface area contributed by atoms with E-state index in [0.717, 1.165) is 19.4 Å². The van der Waals surface area contributed by atoms with E-state index < -0.39 is 30.4 Å². The van der Waals surface area contributed by atoms with Crippen LogP contribution < -0.4 is 10.6 Å². The van der Waals surface area contributed by atoms with Gasteiger partial charge in [-0.1, -0.05) is 0 Å².